The number of likely N-dealkylation sites (N-methyl/N-ethyl adjacent to an activating group) is 1. The summed E-state index contributed by atoms with van der Waals surface area (Å²) in [5.74, 6) is 0.167. The number of rotatable bonds is 3. The van der Waals surface area contributed by atoms with E-state index in [1.165, 1.54) is 9.21 Å². The van der Waals surface area contributed by atoms with E-state index in [0.29, 0.717) is 30.8 Å². The zero-order valence-electron chi connectivity index (χ0n) is 16.0. The first-order chi connectivity index (χ1) is 12.3. The van der Waals surface area contributed by atoms with Crippen molar-refractivity contribution in [1.29, 1.82) is 0 Å². The Hall–Kier alpha value is -1.44. The molecule has 0 saturated carbocycles. The van der Waals surface area contributed by atoms with Gasteiger partial charge >= 0.3 is 0 Å². The van der Waals surface area contributed by atoms with Crippen molar-refractivity contribution in [2.24, 2.45) is 5.92 Å². The van der Waals surface area contributed by atoms with E-state index in [4.69, 9.17) is 0 Å². The lowest BCUT2D eigenvalue weighted by Crippen LogP contribution is -3.12. The van der Waals surface area contributed by atoms with E-state index < -0.39 is 10.0 Å². The van der Waals surface area contributed by atoms with Crippen LogP contribution in [0, 0.1) is 19.8 Å². The van der Waals surface area contributed by atoms with Crippen LogP contribution < -0.4 is 4.90 Å². The van der Waals surface area contributed by atoms with E-state index in [9.17, 15) is 13.2 Å². The Morgan fingerprint density at radius 1 is 1.04 bits per heavy atom. The van der Waals surface area contributed by atoms with Crippen molar-refractivity contribution < 1.29 is 18.1 Å². The third-order valence-corrected chi connectivity index (χ3v) is 7.74. The maximum Gasteiger partial charge on any atom is 0.243 e. The number of piperidine rings is 1. The second-order valence-electron chi connectivity index (χ2n) is 7.71. The Kier molecular flexibility index (Phi) is 5.69. The highest BCUT2D eigenvalue weighted by atomic mass is 32.2. The van der Waals surface area contributed by atoms with Gasteiger partial charge in [0.05, 0.1) is 38.1 Å². The van der Waals surface area contributed by atoms with Crippen molar-refractivity contribution in [1.82, 2.24) is 9.21 Å². The zero-order chi connectivity index (χ0) is 18.9. The van der Waals surface area contributed by atoms with E-state index in [1.807, 2.05) is 24.8 Å². The number of aryl methyl sites for hydroxylation is 2. The molecule has 0 unspecified atom stereocenters. The Balaban J connectivity index is 1.62. The fraction of sp³-hybridized carbons (Fsp3) is 0.632. The lowest BCUT2D eigenvalue weighted by Gasteiger charge is -2.36. The highest BCUT2D eigenvalue weighted by Crippen LogP contribution is 2.26. The Labute approximate surface area is 156 Å². The van der Waals surface area contributed by atoms with Gasteiger partial charge in [-0.3, -0.25) is 4.79 Å². The Morgan fingerprint density at radius 2 is 1.65 bits per heavy atom. The van der Waals surface area contributed by atoms with Crippen LogP contribution in [-0.4, -0.2) is 69.8 Å². The summed E-state index contributed by atoms with van der Waals surface area (Å²) in [4.78, 5) is 16.5. The summed E-state index contributed by atoms with van der Waals surface area (Å²) >= 11 is 0. The van der Waals surface area contributed by atoms with Crippen LogP contribution in [0.5, 0.6) is 0 Å². The molecule has 3 rings (SSSR count). The molecule has 2 aliphatic rings. The summed E-state index contributed by atoms with van der Waals surface area (Å²) in [6.07, 6.45) is 1.23. The molecule has 1 amide bonds. The van der Waals surface area contributed by atoms with Gasteiger partial charge in [0.2, 0.25) is 15.9 Å². The summed E-state index contributed by atoms with van der Waals surface area (Å²) in [6, 6.07) is 5.28. The molecule has 1 aromatic carbocycles. The highest BCUT2D eigenvalue weighted by molar-refractivity contribution is 7.89. The van der Waals surface area contributed by atoms with Gasteiger partial charge in [0.1, 0.15) is 0 Å². The van der Waals surface area contributed by atoms with Gasteiger partial charge in [-0.15, -0.1) is 0 Å². The van der Waals surface area contributed by atoms with Crippen LogP contribution in [0.1, 0.15) is 24.0 Å². The summed E-state index contributed by atoms with van der Waals surface area (Å²) in [5.41, 5.74) is 2.07. The standard InChI is InChI=1S/C19H29N3O3S/c1-15-4-5-18(14-16(15)2)26(24,25)22-8-6-17(7-9-22)19(23)21-12-10-20(3)11-13-21/h4-5,14,17H,6-13H2,1-3H3/p+1. The molecule has 6 nitrogen and oxygen atoms in total. The average molecular weight is 381 g/mol. The Morgan fingerprint density at radius 3 is 2.23 bits per heavy atom. The van der Waals surface area contributed by atoms with Crippen LogP contribution in [0.15, 0.2) is 23.1 Å². The molecule has 144 valence electrons. The number of piperazine rings is 1. The minimum Gasteiger partial charge on any atom is -0.334 e. The predicted molar refractivity (Wildman–Crippen MR) is 101 cm³/mol. The van der Waals surface area contributed by atoms with Crippen molar-refractivity contribution in [3.8, 4) is 0 Å². The number of carbonyl (C=O) groups is 1. The molecule has 0 aliphatic carbocycles. The number of sulfonamides is 1. The molecular formula is C19H30N3O3S+. The first-order valence-electron chi connectivity index (χ1n) is 9.46. The molecule has 0 bridgehead atoms. The van der Waals surface area contributed by atoms with E-state index in [0.717, 1.165) is 37.3 Å². The van der Waals surface area contributed by atoms with Gasteiger partial charge in [-0.05, 0) is 49.9 Å². The van der Waals surface area contributed by atoms with E-state index >= 15 is 0 Å². The zero-order valence-corrected chi connectivity index (χ0v) is 16.8. The topological polar surface area (TPSA) is 62.1 Å². The minimum atomic E-state index is -3.48. The lowest BCUT2D eigenvalue weighted by molar-refractivity contribution is -0.883. The highest BCUT2D eigenvalue weighted by Gasteiger charge is 2.34. The summed E-state index contributed by atoms with van der Waals surface area (Å²) < 4.78 is 27.3. The number of hydrogen-bond donors (Lipinski definition) is 1. The number of carbonyl (C=O) groups excluding carboxylic acids is 1. The second kappa shape index (κ2) is 7.66. The van der Waals surface area contributed by atoms with Gasteiger partial charge in [-0.2, -0.15) is 4.31 Å². The Bertz CT molecular complexity index is 762. The molecule has 26 heavy (non-hydrogen) atoms. The first-order valence-corrected chi connectivity index (χ1v) is 10.9. The molecule has 2 fully saturated rings. The molecule has 0 radical (unpaired) electrons. The fourth-order valence-electron chi connectivity index (χ4n) is 3.73. The first kappa shape index (κ1) is 19.3. The van der Waals surface area contributed by atoms with Crippen LogP contribution in [0.3, 0.4) is 0 Å². The van der Waals surface area contributed by atoms with Crippen molar-refractivity contribution in [2.45, 2.75) is 31.6 Å². The largest absolute Gasteiger partial charge is 0.334 e. The molecule has 2 saturated heterocycles. The SMILES string of the molecule is Cc1ccc(S(=O)(=O)N2CCC(C(=O)N3CC[NH+](C)CC3)CC2)cc1C. The van der Waals surface area contributed by atoms with Crippen molar-refractivity contribution in [2.75, 3.05) is 46.3 Å². The van der Waals surface area contributed by atoms with Crippen LogP contribution in [0.4, 0.5) is 0 Å². The van der Waals surface area contributed by atoms with Gasteiger partial charge in [-0.1, -0.05) is 6.07 Å². The molecule has 0 spiro atoms. The van der Waals surface area contributed by atoms with Crippen molar-refractivity contribution in [3.05, 3.63) is 29.3 Å². The number of hydrogen-bond acceptors (Lipinski definition) is 3. The van der Waals surface area contributed by atoms with E-state index in [-0.39, 0.29) is 11.8 Å². The van der Waals surface area contributed by atoms with Crippen LogP contribution in [-0.2, 0) is 14.8 Å². The van der Waals surface area contributed by atoms with Crippen LogP contribution in [0.25, 0.3) is 0 Å². The van der Waals surface area contributed by atoms with E-state index in [1.54, 1.807) is 12.1 Å². The third-order valence-electron chi connectivity index (χ3n) is 5.85. The summed E-state index contributed by atoms with van der Waals surface area (Å²) in [5, 5.41) is 0. The molecule has 2 heterocycles. The smallest absolute Gasteiger partial charge is 0.243 e. The molecular weight excluding hydrogens is 350 g/mol. The number of amides is 1. The predicted octanol–water partition coefficient (Wildman–Crippen LogP) is 0.0610. The summed E-state index contributed by atoms with van der Waals surface area (Å²) in [6.45, 7) is 8.35. The summed E-state index contributed by atoms with van der Waals surface area (Å²) in [7, 11) is -1.33. The fourth-order valence-corrected chi connectivity index (χ4v) is 5.29. The van der Waals surface area contributed by atoms with Gasteiger partial charge in [-0.25, -0.2) is 8.42 Å². The van der Waals surface area contributed by atoms with Gasteiger partial charge < -0.3 is 9.80 Å². The minimum absolute atomic E-state index is 0.0420. The maximum atomic E-state index is 12.9. The maximum absolute atomic E-state index is 12.9. The average Bonchev–Trinajstić information content (AvgIpc) is 2.64. The number of quaternary nitrogens is 1. The molecule has 2 aliphatic heterocycles. The van der Waals surface area contributed by atoms with E-state index in [2.05, 4.69) is 7.05 Å². The number of nitrogens with one attached hydrogen (secondary N) is 1. The molecule has 1 aromatic rings. The monoisotopic (exact) mass is 380 g/mol. The number of nitrogens with zero attached hydrogens (tertiary/aromatic N) is 2. The van der Waals surface area contributed by atoms with Gasteiger partial charge in [0, 0.05) is 19.0 Å². The van der Waals surface area contributed by atoms with Crippen LogP contribution in [0.2, 0.25) is 0 Å². The lowest BCUT2D eigenvalue weighted by atomic mass is 9.96. The molecule has 7 heteroatoms. The van der Waals surface area contributed by atoms with Crippen molar-refractivity contribution >= 4 is 15.9 Å². The molecule has 0 atom stereocenters. The quantitative estimate of drug-likeness (QED) is 0.807. The molecule has 1 N–H and O–H groups in total. The van der Waals surface area contributed by atoms with Crippen LogP contribution >= 0.6 is 0 Å². The van der Waals surface area contributed by atoms with Gasteiger partial charge in [0.25, 0.3) is 0 Å². The third kappa shape index (κ3) is 3.94. The normalized spacial score (nSPS) is 21.1. The molecule has 0 aromatic heterocycles. The van der Waals surface area contributed by atoms with Crippen molar-refractivity contribution in [3.63, 3.8) is 0 Å². The second-order valence-corrected chi connectivity index (χ2v) is 9.64. The van der Waals surface area contributed by atoms with Gasteiger partial charge in [0.15, 0.2) is 0 Å². The number of benzene rings is 1.